The van der Waals surface area contributed by atoms with Gasteiger partial charge in [0.2, 0.25) is 5.91 Å². The minimum atomic E-state index is 0.113. The molecule has 0 aromatic rings. The van der Waals surface area contributed by atoms with Crippen LogP contribution in [0.1, 0.15) is 40.0 Å². The van der Waals surface area contributed by atoms with Crippen LogP contribution in [-0.4, -0.2) is 43.0 Å². The maximum atomic E-state index is 11.6. The zero-order valence-corrected chi connectivity index (χ0v) is 11.0. The van der Waals surface area contributed by atoms with Crippen molar-refractivity contribution >= 4 is 5.91 Å². The van der Waals surface area contributed by atoms with Gasteiger partial charge in [-0.2, -0.15) is 0 Å². The molecule has 0 saturated heterocycles. The van der Waals surface area contributed by atoms with Crippen molar-refractivity contribution in [1.29, 1.82) is 0 Å². The van der Waals surface area contributed by atoms with Crippen molar-refractivity contribution in [3.63, 3.8) is 0 Å². The van der Waals surface area contributed by atoms with Crippen molar-refractivity contribution in [3.05, 3.63) is 0 Å². The Morgan fingerprint density at radius 2 is 1.94 bits per heavy atom. The lowest BCUT2D eigenvalue weighted by Gasteiger charge is -2.29. The van der Waals surface area contributed by atoms with Gasteiger partial charge in [-0.05, 0) is 19.3 Å². The molecule has 0 unspecified atom stereocenters. The Labute approximate surface area is 99.6 Å². The van der Waals surface area contributed by atoms with Crippen molar-refractivity contribution in [2.75, 3.05) is 26.2 Å². The van der Waals surface area contributed by atoms with Crippen LogP contribution in [0.15, 0.2) is 0 Å². The van der Waals surface area contributed by atoms with Gasteiger partial charge in [0.15, 0.2) is 0 Å². The highest BCUT2D eigenvalue weighted by atomic mass is 16.2. The lowest BCUT2D eigenvalue weighted by Crippen LogP contribution is -2.44. The van der Waals surface area contributed by atoms with Crippen molar-refractivity contribution in [2.24, 2.45) is 5.73 Å². The van der Waals surface area contributed by atoms with Crippen LogP contribution in [-0.2, 0) is 4.79 Å². The molecular weight excluding hydrogens is 202 g/mol. The molecule has 0 aliphatic carbocycles. The van der Waals surface area contributed by atoms with Gasteiger partial charge in [0.05, 0.1) is 6.54 Å². The fraction of sp³-hybridized carbons (Fsp3) is 0.917. The second-order valence-corrected chi connectivity index (χ2v) is 4.08. The second-order valence-electron chi connectivity index (χ2n) is 4.08. The zero-order chi connectivity index (χ0) is 12.4. The summed E-state index contributed by atoms with van der Waals surface area (Å²) >= 11 is 0. The van der Waals surface area contributed by atoms with Gasteiger partial charge < -0.3 is 11.1 Å². The third-order valence-electron chi connectivity index (χ3n) is 2.79. The first-order chi connectivity index (χ1) is 7.69. The van der Waals surface area contributed by atoms with E-state index in [0.717, 1.165) is 32.4 Å². The van der Waals surface area contributed by atoms with E-state index in [0.29, 0.717) is 19.1 Å². The molecule has 4 nitrogen and oxygen atoms in total. The third kappa shape index (κ3) is 6.08. The first-order valence-electron chi connectivity index (χ1n) is 6.40. The summed E-state index contributed by atoms with van der Waals surface area (Å²) in [5.41, 5.74) is 5.58. The van der Waals surface area contributed by atoms with Gasteiger partial charge in [-0.15, -0.1) is 0 Å². The molecule has 4 heteroatoms. The molecular formula is C12H27N3O. The van der Waals surface area contributed by atoms with E-state index < -0.39 is 0 Å². The van der Waals surface area contributed by atoms with Gasteiger partial charge in [0, 0.05) is 25.7 Å². The Kier molecular flexibility index (Phi) is 9.24. The summed E-state index contributed by atoms with van der Waals surface area (Å²) in [6.45, 7) is 9.01. The maximum Gasteiger partial charge on any atom is 0.234 e. The topological polar surface area (TPSA) is 58.4 Å². The highest BCUT2D eigenvalue weighted by Crippen LogP contribution is 2.07. The van der Waals surface area contributed by atoms with Gasteiger partial charge in [0.1, 0.15) is 0 Å². The summed E-state index contributed by atoms with van der Waals surface area (Å²) in [5, 5.41) is 2.90. The Bertz CT molecular complexity index is 181. The molecule has 3 N–H and O–H groups in total. The van der Waals surface area contributed by atoms with Gasteiger partial charge in [-0.3, -0.25) is 9.69 Å². The second kappa shape index (κ2) is 9.60. The lowest BCUT2D eigenvalue weighted by molar-refractivity contribution is -0.122. The van der Waals surface area contributed by atoms with Crippen LogP contribution in [0.3, 0.4) is 0 Å². The number of nitrogens with one attached hydrogen (secondary N) is 1. The van der Waals surface area contributed by atoms with E-state index in [4.69, 9.17) is 5.73 Å². The molecule has 0 saturated carbocycles. The average Bonchev–Trinajstić information content (AvgIpc) is 2.28. The van der Waals surface area contributed by atoms with Gasteiger partial charge >= 0.3 is 0 Å². The molecule has 1 amide bonds. The summed E-state index contributed by atoms with van der Waals surface area (Å²) in [7, 11) is 0. The minimum Gasteiger partial charge on any atom is -0.355 e. The smallest absolute Gasteiger partial charge is 0.234 e. The Hall–Kier alpha value is -0.610. The number of carbonyl (C=O) groups is 1. The summed E-state index contributed by atoms with van der Waals surface area (Å²) in [6.07, 6.45) is 3.11. The zero-order valence-electron chi connectivity index (χ0n) is 11.0. The number of hydrogen-bond donors (Lipinski definition) is 2. The third-order valence-corrected chi connectivity index (χ3v) is 2.79. The molecule has 0 fully saturated rings. The van der Waals surface area contributed by atoms with Crippen molar-refractivity contribution in [3.8, 4) is 0 Å². The van der Waals surface area contributed by atoms with E-state index in [-0.39, 0.29) is 5.91 Å². The van der Waals surface area contributed by atoms with Crippen LogP contribution in [0.5, 0.6) is 0 Å². The molecule has 0 aromatic heterocycles. The lowest BCUT2D eigenvalue weighted by atomic mass is 10.1. The van der Waals surface area contributed by atoms with E-state index in [9.17, 15) is 4.79 Å². The Balaban J connectivity index is 4.14. The molecule has 0 rings (SSSR count). The quantitative estimate of drug-likeness (QED) is 0.619. The van der Waals surface area contributed by atoms with Crippen LogP contribution in [0.2, 0.25) is 0 Å². The number of rotatable bonds is 9. The maximum absolute atomic E-state index is 11.6. The van der Waals surface area contributed by atoms with E-state index in [1.807, 2.05) is 0 Å². The Morgan fingerprint density at radius 1 is 1.31 bits per heavy atom. The van der Waals surface area contributed by atoms with Crippen LogP contribution in [0.4, 0.5) is 0 Å². The minimum absolute atomic E-state index is 0.113. The standard InChI is InChI=1S/C12H27N3O/c1-4-8-14-12(16)10-15(9-7-13)11(5-2)6-3/h11H,4-10,13H2,1-3H3,(H,14,16). The van der Waals surface area contributed by atoms with E-state index >= 15 is 0 Å². The molecule has 0 atom stereocenters. The first kappa shape index (κ1) is 15.4. The number of nitrogens with zero attached hydrogens (tertiary/aromatic N) is 1. The normalized spacial score (nSPS) is 11.1. The molecule has 0 aromatic carbocycles. The van der Waals surface area contributed by atoms with Crippen molar-refractivity contribution in [1.82, 2.24) is 10.2 Å². The largest absolute Gasteiger partial charge is 0.355 e. The summed E-state index contributed by atoms with van der Waals surface area (Å²) < 4.78 is 0. The van der Waals surface area contributed by atoms with Crippen LogP contribution in [0, 0.1) is 0 Å². The van der Waals surface area contributed by atoms with Crippen LogP contribution in [0.25, 0.3) is 0 Å². The van der Waals surface area contributed by atoms with Crippen LogP contribution >= 0.6 is 0 Å². The van der Waals surface area contributed by atoms with Crippen LogP contribution < -0.4 is 11.1 Å². The molecule has 0 aliphatic heterocycles. The van der Waals surface area contributed by atoms with Gasteiger partial charge in [0.25, 0.3) is 0 Å². The summed E-state index contributed by atoms with van der Waals surface area (Å²) in [5.74, 6) is 0.113. The van der Waals surface area contributed by atoms with E-state index in [2.05, 4.69) is 31.0 Å². The average molecular weight is 229 g/mol. The SMILES string of the molecule is CCCNC(=O)CN(CCN)C(CC)CC. The van der Waals surface area contributed by atoms with E-state index in [1.54, 1.807) is 0 Å². The fourth-order valence-corrected chi connectivity index (χ4v) is 1.87. The highest BCUT2D eigenvalue weighted by Gasteiger charge is 2.16. The summed E-state index contributed by atoms with van der Waals surface area (Å²) in [6, 6.07) is 0.468. The molecule has 0 aliphatic rings. The molecule has 0 radical (unpaired) electrons. The molecule has 96 valence electrons. The molecule has 16 heavy (non-hydrogen) atoms. The number of nitrogens with two attached hydrogens (primary N) is 1. The predicted octanol–water partition coefficient (Wildman–Crippen LogP) is 0.962. The monoisotopic (exact) mass is 229 g/mol. The van der Waals surface area contributed by atoms with Crippen molar-refractivity contribution in [2.45, 2.75) is 46.1 Å². The van der Waals surface area contributed by atoms with E-state index in [1.165, 1.54) is 0 Å². The Morgan fingerprint density at radius 3 is 2.38 bits per heavy atom. The number of carbonyl (C=O) groups excluding carboxylic acids is 1. The van der Waals surface area contributed by atoms with Crippen molar-refractivity contribution < 1.29 is 4.79 Å². The number of hydrogen-bond acceptors (Lipinski definition) is 3. The molecule has 0 bridgehead atoms. The summed E-state index contributed by atoms with van der Waals surface area (Å²) in [4.78, 5) is 13.8. The number of amides is 1. The molecule has 0 spiro atoms. The van der Waals surface area contributed by atoms with Gasteiger partial charge in [-0.25, -0.2) is 0 Å². The first-order valence-corrected chi connectivity index (χ1v) is 6.40. The fourth-order valence-electron chi connectivity index (χ4n) is 1.87. The molecule has 0 heterocycles. The van der Waals surface area contributed by atoms with Gasteiger partial charge in [-0.1, -0.05) is 20.8 Å². The predicted molar refractivity (Wildman–Crippen MR) is 68.3 cm³/mol. The highest BCUT2D eigenvalue weighted by molar-refractivity contribution is 5.78.